The first-order valence-corrected chi connectivity index (χ1v) is 10.8. The Kier molecular flexibility index (Phi) is 4.16. The number of aryl methyl sites for hydroxylation is 1. The lowest BCUT2D eigenvalue weighted by atomic mass is 10.1. The summed E-state index contributed by atoms with van der Waals surface area (Å²) in [4.78, 5) is 5.48. The fraction of sp³-hybridized carbons (Fsp3) is 0.353. The Morgan fingerprint density at radius 1 is 1.32 bits per heavy atom. The molecule has 1 aliphatic heterocycles. The normalized spacial score (nSPS) is 19.3. The van der Waals surface area contributed by atoms with E-state index >= 15 is 0 Å². The van der Waals surface area contributed by atoms with E-state index in [2.05, 4.69) is 34.4 Å². The van der Waals surface area contributed by atoms with Gasteiger partial charge in [0.05, 0.1) is 22.6 Å². The molecule has 0 bridgehead atoms. The molecule has 25 heavy (non-hydrogen) atoms. The Morgan fingerprint density at radius 3 is 2.92 bits per heavy atom. The maximum atomic E-state index is 11.6. The SMILES string of the molecule is Cc1ccccc1-c1ncc(-c2cn(CC3CCS(=O)(=O)C3)nn2)s1. The van der Waals surface area contributed by atoms with Crippen molar-refractivity contribution in [1.29, 1.82) is 0 Å². The van der Waals surface area contributed by atoms with Gasteiger partial charge < -0.3 is 0 Å². The highest BCUT2D eigenvalue weighted by molar-refractivity contribution is 7.91. The summed E-state index contributed by atoms with van der Waals surface area (Å²) in [6.45, 7) is 2.66. The summed E-state index contributed by atoms with van der Waals surface area (Å²) in [6, 6.07) is 8.16. The largest absolute Gasteiger partial charge is 0.252 e. The molecule has 0 amide bonds. The van der Waals surface area contributed by atoms with Gasteiger partial charge in [-0.05, 0) is 24.8 Å². The van der Waals surface area contributed by atoms with E-state index in [1.165, 1.54) is 5.56 Å². The number of rotatable bonds is 4. The van der Waals surface area contributed by atoms with Crippen molar-refractivity contribution in [3.05, 3.63) is 42.2 Å². The van der Waals surface area contributed by atoms with Crippen LogP contribution in [0.15, 0.2) is 36.7 Å². The monoisotopic (exact) mass is 374 g/mol. The molecule has 1 aromatic carbocycles. The number of sulfone groups is 1. The van der Waals surface area contributed by atoms with Gasteiger partial charge in [0, 0.05) is 18.3 Å². The van der Waals surface area contributed by atoms with E-state index in [1.54, 1.807) is 16.0 Å². The van der Waals surface area contributed by atoms with Gasteiger partial charge in [-0.15, -0.1) is 16.4 Å². The first-order valence-electron chi connectivity index (χ1n) is 8.13. The molecule has 0 N–H and O–H groups in total. The zero-order valence-electron chi connectivity index (χ0n) is 13.8. The number of hydrogen-bond acceptors (Lipinski definition) is 6. The summed E-state index contributed by atoms with van der Waals surface area (Å²) in [5, 5.41) is 9.34. The highest BCUT2D eigenvalue weighted by Gasteiger charge is 2.28. The second-order valence-corrected chi connectivity index (χ2v) is 9.70. The van der Waals surface area contributed by atoms with Crippen molar-refractivity contribution >= 4 is 21.2 Å². The van der Waals surface area contributed by atoms with Gasteiger partial charge in [-0.25, -0.2) is 13.4 Å². The number of hydrogen-bond donors (Lipinski definition) is 0. The van der Waals surface area contributed by atoms with Crippen LogP contribution in [0.4, 0.5) is 0 Å². The highest BCUT2D eigenvalue weighted by Crippen LogP contribution is 2.32. The van der Waals surface area contributed by atoms with Crippen molar-refractivity contribution in [3.63, 3.8) is 0 Å². The average Bonchev–Trinajstić information content (AvgIpc) is 3.28. The molecule has 130 valence electrons. The van der Waals surface area contributed by atoms with E-state index in [4.69, 9.17) is 0 Å². The van der Waals surface area contributed by atoms with E-state index in [0.29, 0.717) is 13.0 Å². The smallest absolute Gasteiger partial charge is 0.150 e. The lowest BCUT2D eigenvalue weighted by molar-refractivity contribution is 0.448. The van der Waals surface area contributed by atoms with Gasteiger partial charge in [0.2, 0.25) is 0 Å². The number of thiazole rings is 1. The Hall–Kier alpha value is -2.06. The van der Waals surface area contributed by atoms with Gasteiger partial charge in [-0.1, -0.05) is 29.5 Å². The molecule has 0 radical (unpaired) electrons. The van der Waals surface area contributed by atoms with E-state index in [0.717, 1.165) is 21.1 Å². The van der Waals surface area contributed by atoms with Crippen LogP contribution in [0.2, 0.25) is 0 Å². The first-order chi connectivity index (χ1) is 12.0. The number of nitrogens with zero attached hydrogens (tertiary/aromatic N) is 4. The lowest BCUT2D eigenvalue weighted by Crippen LogP contribution is -2.12. The van der Waals surface area contributed by atoms with E-state index in [9.17, 15) is 8.42 Å². The minimum absolute atomic E-state index is 0.128. The fourth-order valence-electron chi connectivity index (χ4n) is 3.11. The molecule has 8 heteroatoms. The van der Waals surface area contributed by atoms with E-state index < -0.39 is 9.84 Å². The molecule has 1 unspecified atom stereocenters. The van der Waals surface area contributed by atoms with Gasteiger partial charge in [0.1, 0.15) is 10.7 Å². The van der Waals surface area contributed by atoms with Crippen molar-refractivity contribution in [2.45, 2.75) is 19.9 Å². The van der Waals surface area contributed by atoms with Crippen LogP contribution in [0.1, 0.15) is 12.0 Å². The van der Waals surface area contributed by atoms with Gasteiger partial charge in [-0.3, -0.25) is 4.68 Å². The van der Waals surface area contributed by atoms with Gasteiger partial charge >= 0.3 is 0 Å². The van der Waals surface area contributed by atoms with Crippen LogP contribution in [-0.2, 0) is 16.4 Å². The summed E-state index contributed by atoms with van der Waals surface area (Å²) in [7, 11) is -2.86. The van der Waals surface area contributed by atoms with Crippen LogP contribution >= 0.6 is 11.3 Å². The third-order valence-corrected chi connectivity index (χ3v) is 7.33. The Balaban J connectivity index is 1.52. The van der Waals surface area contributed by atoms with Crippen LogP contribution in [0.3, 0.4) is 0 Å². The molecular formula is C17H18N4O2S2. The van der Waals surface area contributed by atoms with Crippen LogP contribution in [0, 0.1) is 12.8 Å². The Morgan fingerprint density at radius 2 is 2.16 bits per heavy atom. The summed E-state index contributed by atoms with van der Waals surface area (Å²) in [5.74, 6) is 0.664. The van der Waals surface area contributed by atoms with Crippen LogP contribution in [-0.4, -0.2) is 39.9 Å². The van der Waals surface area contributed by atoms with Crippen molar-refractivity contribution in [3.8, 4) is 21.1 Å². The van der Waals surface area contributed by atoms with Gasteiger partial charge in [0.15, 0.2) is 9.84 Å². The van der Waals surface area contributed by atoms with Crippen molar-refractivity contribution in [2.75, 3.05) is 11.5 Å². The zero-order valence-corrected chi connectivity index (χ0v) is 15.4. The summed E-state index contributed by atoms with van der Waals surface area (Å²) >= 11 is 1.59. The molecule has 4 rings (SSSR count). The summed E-state index contributed by atoms with van der Waals surface area (Å²) < 4.78 is 24.9. The predicted molar refractivity (Wildman–Crippen MR) is 98.1 cm³/mol. The van der Waals surface area contributed by atoms with E-state index in [1.807, 2.05) is 24.5 Å². The quantitative estimate of drug-likeness (QED) is 0.702. The fourth-order valence-corrected chi connectivity index (χ4v) is 5.92. The molecule has 1 saturated heterocycles. The maximum absolute atomic E-state index is 11.6. The molecule has 0 spiro atoms. The minimum Gasteiger partial charge on any atom is -0.252 e. The molecule has 1 atom stereocenters. The Labute approximate surface area is 150 Å². The van der Waals surface area contributed by atoms with Gasteiger partial charge in [-0.2, -0.15) is 0 Å². The molecule has 6 nitrogen and oxygen atoms in total. The van der Waals surface area contributed by atoms with Crippen molar-refractivity contribution in [1.82, 2.24) is 20.0 Å². The van der Waals surface area contributed by atoms with Crippen LogP contribution in [0.5, 0.6) is 0 Å². The summed E-state index contributed by atoms with van der Waals surface area (Å²) in [5.41, 5.74) is 3.09. The van der Waals surface area contributed by atoms with Crippen LogP contribution < -0.4 is 0 Å². The molecule has 0 aliphatic carbocycles. The predicted octanol–water partition coefficient (Wildman–Crippen LogP) is 2.81. The molecule has 3 aromatic rings. The van der Waals surface area contributed by atoms with Gasteiger partial charge in [0.25, 0.3) is 0 Å². The summed E-state index contributed by atoms with van der Waals surface area (Å²) in [6.07, 6.45) is 4.40. The molecular weight excluding hydrogens is 356 g/mol. The standard InChI is InChI=1S/C17H18N4O2S2/c1-12-4-2-3-5-14(12)17-18-8-16(24-17)15-10-21(20-19-15)9-13-6-7-25(22,23)11-13/h2-5,8,10,13H,6-7,9,11H2,1H3. The molecule has 3 heterocycles. The minimum atomic E-state index is -2.86. The zero-order chi connectivity index (χ0) is 17.4. The second-order valence-electron chi connectivity index (χ2n) is 6.44. The second kappa shape index (κ2) is 6.34. The maximum Gasteiger partial charge on any atom is 0.150 e. The highest BCUT2D eigenvalue weighted by atomic mass is 32.2. The van der Waals surface area contributed by atoms with Crippen molar-refractivity contribution < 1.29 is 8.42 Å². The first kappa shape index (κ1) is 16.4. The average molecular weight is 374 g/mol. The van der Waals surface area contributed by atoms with E-state index in [-0.39, 0.29) is 17.4 Å². The third-order valence-electron chi connectivity index (χ3n) is 4.44. The molecule has 2 aromatic heterocycles. The number of aromatic nitrogens is 4. The Bertz CT molecular complexity index is 1010. The molecule has 1 fully saturated rings. The van der Waals surface area contributed by atoms with Crippen LogP contribution in [0.25, 0.3) is 21.1 Å². The molecule has 1 aliphatic rings. The topological polar surface area (TPSA) is 77.7 Å². The van der Waals surface area contributed by atoms with Crippen molar-refractivity contribution in [2.24, 2.45) is 5.92 Å². The third kappa shape index (κ3) is 3.50. The molecule has 0 saturated carbocycles. The number of benzene rings is 1. The lowest BCUT2D eigenvalue weighted by Gasteiger charge is -2.05.